The molecule has 100 valence electrons. The van der Waals surface area contributed by atoms with Gasteiger partial charge < -0.3 is 14.7 Å². The minimum Gasteiger partial charge on any atom is -0.394 e. The maximum absolute atomic E-state index is 9.19. The molecule has 2 rings (SSSR count). The molecule has 1 aliphatic rings. The lowest BCUT2D eigenvalue weighted by molar-refractivity contribution is -0.0422. The highest BCUT2D eigenvalue weighted by Gasteiger charge is 2.27. The first-order valence-electron chi connectivity index (χ1n) is 5.54. The van der Waals surface area contributed by atoms with Crippen LogP contribution in [0.15, 0.2) is 6.07 Å². The second kappa shape index (κ2) is 5.80. The van der Waals surface area contributed by atoms with Crippen LogP contribution < -0.4 is 4.90 Å². The van der Waals surface area contributed by atoms with E-state index in [1.807, 2.05) is 11.8 Å². The number of ether oxygens (including phenoxy) is 1. The van der Waals surface area contributed by atoms with E-state index in [0.717, 1.165) is 0 Å². The summed E-state index contributed by atoms with van der Waals surface area (Å²) in [5, 5.41) is 10.2. The summed E-state index contributed by atoms with van der Waals surface area (Å²) in [6.07, 6.45) is -0.260. The molecule has 2 heterocycles. The monoisotopic (exact) mass is 310 g/mol. The number of halogens is 3. The number of hydrogen-bond acceptors (Lipinski definition) is 4. The van der Waals surface area contributed by atoms with E-state index in [0.29, 0.717) is 29.0 Å². The Kier molecular flexibility index (Phi) is 4.56. The van der Waals surface area contributed by atoms with Crippen LogP contribution in [0.4, 0.5) is 5.82 Å². The minimum atomic E-state index is -0.249. The van der Waals surface area contributed by atoms with E-state index in [1.54, 1.807) is 6.07 Å². The third kappa shape index (κ3) is 3.00. The van der Waals surface area contributed by atoms with Crippen LogP contribution >= 0.6 is 34.8 Å². The molecule has 2 atom stereocenters. The fourth-order valence-electron chi connectivity index (χ4n) is 1.98. The summed E-state index contributed by atoms with van der Waals surface area (Å²) in [6.45, 7) is 3.05. The molecule has 18 heavy (non-hydrogen) atoms. The molecule has 1 fully saturated rings. The molecule has 0 spiro atoms. The zero-order valence-corrected chi connectivity index (χ0v) is 12.0. The van der Waals surface area contributed by atoms with Crippen LogP contribution in [0.3, 0.4) is 0 Å². The Morgan fingerprint density at radius 3 is 2.78 bits per heavy atom. The van der Waals surface area contributed by atoms with Crippen LogP contribution in [-0.4, -0.2) is 42.0 Å². The Bertz CT molecular complexity index is 445. The minimum absolute atomic E-state index is 0.0109. The van der Waals surface area contributed by atoms with E-state index < -0.39 is 0 Å². The van der Waals surface area contributed by atoms with E-state index in [1.165, 1.54) is 0 Å². The van der Waals surface area contributed by atoms with Crippen LogP contribution in [0, 0.1) is 0 Å². The summed E-state index contributed by atoms with van der Waals surface area (Å²) in [5.74, 6) is 0.569. The molecule has 7 heteroatoms. The quantitative estimate of drug-likeness (QED) is 0.853. The molecular weight excluding hydrogens is 298 g/mol. The van der Waals surface area contributed by atoms with Gasteiger partial charge in [0.1, 0.15) is 11.0 Å². The number of aliphatic hydroxyl groups is 1. The van der Waals surface area contributed by atoms with Gasteiger partial charge in [0.05, 0.1) is 28.9 Å². The van der Waals surface area contributed by atoms with Gasteiger partial charge in [0.15, 0.2) is 0 Å². The summed E-state index contributed by atoms with van der Waals surface area (Å²) >= 11 is 17.9. The predicted octanol–water partition coefficient (Wildman–Crippen LogP) is 2.63. The summed E-state index contributed by atoms with van der Waals surface area (Å²) in [4.78, 5) is 6.13. The zero-order chi connectivity index (χ0) is 13.3. The summed E-state index contributed by atoms with van der Waals surface area (Å²) in [7, 11) is 0. The van der Waals surface area contributed by atoms with Crippen LogP contribution in [0.1, 0.15) is 6.92 Å². The number of aromatic nitrogens is 1. The van der Waals surface area contributed by atoms with Gasteiger partial charge in [0.2, 0.25) is 0 Å². The molecule has 1 aromatic heterocycles. The van der Waals surface area contributed by atoms with Crippen molar-refractivity contribution in [3.63, 3.8) is 0 Å². The molecule has 0 saturated carbocycles. The lowest BCUT2D eigenvalue weighted by atomic mass is 10.2. The number of hydrogen-bond donors (Lipinski definition) is 1. The van der Waals surface area contributed by atoms with Gasteiger partial charge in [0.25, 0.3) is 0 Å². The third-order valence-electron chi connectivity index (χ3n) is 2.70. The van der Waals surface area contributed by atoms with Crippen LogP contribution in [-0.2, 0) is 4.74 Å². The first-order chi connectivity index (χ1) is 8.51. The maximum atomic E-state index is 9.19. The number of nitrogens with zero attached hydrogens (tertiary/aromatic N) is 2. The largest absolute Gasteiger partial charge is 0.394 e. The van der Waals surface area contributed by atoms with Crippen LogP contribution in [0.5, 0.6) is 0 Å². The first-order valence-corrected chi connectivity index (χ1v) is 6.67. The highest BCUT2D eigenvalue weighted by atomic mass is 35.5. The third-order valence-corrected chi connectivity index (χ3v) is 3.65. The lowest BCUT2D eigenvalue weighted by Crippen LogP contribution is -2.48. The van der Waals surface area contributed by atoms with Crippen molar-refractivity contribution in [2.45, 2.75) is 19.1 Å². The van der Waals surface area contributed by atoms with Crippen molar-refractivity contribution in [2.75, 3.05) is 24.6 Å². The predicted molar refractivity (Wildman–Crippen MR) is 72.9 cm³/mol. The Balaban J connectivity index is 2.27. The molecule has 1 saturated heterocycles. The summed E-state index contributed by atoms with van der Waals surface area (Å²) in [6, 6.07) is 1.57. The van der Waals surface area contributed by atoms with E-state index in [4.69, 9.17) is 39.5 Å². The summed E-state index contributed by atoms with van der Waals surface area (Å²) in [5.41, 5.74) is 0. The lowest BCUT2D eigenvalue weighted by Gasteiger charge is -2.37. The molecule has 0 amide bonds. The Morgan fingerprint density at radius 2 is 2.11 bits per heavy atom. The van der Waals surface area contributed by atoms with E-state index in [9.17, 15) is 5.11 Å². The molecule has 1 aromatic rings. The number of aliphatic hydroxyl groups excluding tert-OH is 1. The molecule has 0 aliphatic carbocycles. The molecule has 1 N–H and O–H groups in total. The van der Waals surface area contributed by atoms with Crippen molar-refractivity contribution in [3.8, 4) is 0 Å². The molecule has 4 nitrogen and oxygen atoms in total. The van der Waals surface area contributed by atoms with Gasteiger partial charge in [-0.3, -0.25) is 0 Å². The molecular formula is C11H13Cl3N2O2. The molecule has 1 aliphatic heterocycles. The summed E-state index contributed by atoms with van der Waals surface area (Å²) < 4.78 is 5.56. The number of morpholine rings is 1. The van der Waals surface area contributed by atoms with Crippen molar-refractivity contribution in [1.29, 1.82) is 0 Å². The fraction of sp³-hybridized carbons (Fsp3) is 0.545. The normalized spacial score (nSPS) is 24.4. The van der Waals surface area contributed by atoms with Crippen molar-refractivity contribution in [1.82, 2.24) is 4.98 Å². The van der Waals surface area contributed by atoms with Crippen molar-refractivity contribution >= 4 is 40.6 Å². The van der Waals surface area contributed by atoms with Crippen LogP contribution in [0.25, 0.3) is 0 Å². The van der Waals surface area contributed by atoms with E-state index >= 15 is 0 Å². The van der Waals surface area contributed by atoms with Gasteiger partial charge in [0, 0.05) is 13.1 Å². The second-order valence-electron chi connectivity index (χ2n) is 4.22. The van der Waals surface area contributed by atoms with Gasteiger partial charge in [-0.1, -0.05) is 34.8 Å². The van der Waals surface area contributed by atoms with Crippen molar-refractivity contribution in [2.24, 2.45) is 0 Å². The van der Waals surface area contributed by atoms with E-state index in [-0.39, 0.29) is 24.0 Å². The van der Waals surface area contributed by atoms with E-state index in [2.05, 4.69) is 4.98 Å². The van der Waals surface area contributed by atoms with Gasteiger partial charge in [-0.25, -0.2) is 4.98 Å². The van der Waals surface area contributed by atoms with Gasteiger partial charge in [-0.15, -0.1) is 0 Å². The highest BCUT2D eigenvalue weighted by molar-refractivity contribution is 6.42. The number of anilines is 1. The first kappa shape index (κ1) is 14.2. The van der Waals surface area contributed by atoms with Gasteiger partial charge in [-0.2, -0.15) is 0 Å². The zero-order valence-electron chi connectivity index (χ0n) is 9.74. The van der Waals surface area contributed by atoms with Crippen LogP contribution in [0.2, 0.25) is 15.2 Å². The topological polar surface area (TPSA) is 45.6 Å². The Hall–Kier alpha value is -0.260. The average Bonchev–Trinajstić information content (AvgIpc) is 2.33. The molecule has 0 bridgehead atoms. The average molecular weight is 312 g/mol. The highest BCUT2D eigenvalue weighted by Crippen LogP contribution is 2.32. The molecule has 2 unspecified atom stereocenters. The number of pyridine rings is 1. The maximum Gasteiger partial charge on any atom is 0.150 e. The Labute approximate surface area is 120 Å². The van der Waals surface area contributed by atoms with Gasteiger partial charge in [-0.05, 0) is 13.0 Å². The standard InChI is InChI=1S/C11H13Cl3N2O2/c1-6-3-16(4-7(5-17)18-6)11-9(13)2-8(12)10(14)15-11/h2,6-7,17H,3-5H2,1H3. The Morgan fingerprint density at radius 1 is 1.39 bits per heavy atom. The number of rotatable bonds is 2. The smallest absolute Gasteiger partial charge is 0.150 e. The SMILES string of the molecule is CC1CN(c2nc(Cl)c(Cl)cc2Cl)CC(CO)O1. The fourth-order valence-corrected chi connectivity index (χ4v) is 2.59. The van der Waals surface area contributed by atoms with Crippen molar-refractivity contribution in [3.05, 3.63) is 21.3 Å². The van der Waals surface area contributed by atoms with Gasteiger partial charge >= 0.3 is 0 Å². The molecule has 0 radical (unpaired) electrons. The second-order valence-corrected chi connectivity index (χ2v) is 5.40. The molecule has 0 aromatic carbocycles. The van der Waals surface area contributed by atoms with Crippen molar-refractivity contribution < 1.29 is 9.84 Å².